The van der Waals surface area contributed by atoms with Gasteiger partial charge in [0, 0.05) is 23.7 Å². The highest BCUT2D eigenvalue weighted by Gasteiger charge is 2.17. The van der Waals surface area contributed by atoms with Crippen molar-refractivity contribution in [2.75, 3.05) is 18.1 Å². The number of benzene rings is 2. The van der Waals surface area contributed by atoms with E-state index in [2.05, 4.69) is 60.6 Å². The summed E-state index contributed by atoms with van der Waals surface area (Å²) in [4.78, 5) is 26.7. The van der Waals surface area contributed by atoms with Gasteiger partial charge in [0.1, 0.15) is 0 Å². The zero-order valence-corrected chi connectivity index (χ0v) is 21.3. The Morgan fingerprint density at radius 1 is 1.06 bits per heavy atom. The number of hydrogen-bond donors (Lipinski definition) is 1. The maximum absolute atomic E-state index is 13.1. The summed E-state index contributed by atoms with van der Waals surface area (Å²) in [6.07, 6.45) is 0.867. The van der Waals surface area contributed by atoms with Crippen molar-refractivity contribution in [1.82, 2.24) is 24.5 Å². The van der Waals surface area contributed by atoms with Crippen molar-refractivity contribution in [2.45, 2.75) is 43.8 Å². The summed E-state index contributed by atoms with van der Waals surface area (Å²) in [7, 11) is 0. The Hall–Kier alpha value is -2.78. The van der Waals surface area contributed by atoms with Crippen molar-refractivity contribution in [2.24, 2.45) is 5.92 Å². The highest BCUT2D eigenvalue weighted by atomic mass is 32.2. The smallest absolute Gasteiger partial charge is 0.262 e. The molecule has 1 amide bonds. The summed E-state index contributed by atoms with van der Waals surface area (Å²) in [5.41, 5.74) is 1.93. The fourth-order valence-electron chi connectivity index (χ4n) is 3.59. The van der Waals surface area contributed by atoms with Crippen LogP contribution in [0.15, 0.2) is 63.4 Å². The molecule has 0 aliphatic carbocycles. The monoisotopic (exact) mass is 495 g/mol. The normalized spacial score (nSPS) is 11.5. The molecule has 0 saturated heterocycles. The second kappa shape index (κ2) is 11.1. The molecular weight excluding hydrogens is 466 g/mol. The summed E-state index contributed by atoms with van der Waals surface area (Å²) < 4.78 is 3.59. The van der Waals surface area contributed by atoms with Gasteiger partial charge in [-0.15, -0.1) is 22.0 Å². The molecule has 0 radical (unpaired) electrons. The van der Waals surface area contributed by atoms with Gasteiger partial charge in [0.05, 0.1) is 16.7 Å². The third kappa shape index (κ3) is 5.64. The summed E-state index contributed by atoms with van der Waals surface area (Å²) in [5, 5.41) is 12.8. The molecule has 178 valence electrons. The Morgan fingerprint density at radius 2 is 1.82 bits per heavy atom. The lowest BCUT2D eigenvalue weighted by molar-refractivity contribution is -0.118. The highest BCUT2D eigenvalue weighted by molar-refractivity contribution is 7.99. The van der Waals surface area contributed by atoms with Gasteiger partial charge in [0.25, 0.3) is 5.56 Å². The maximum atomic E-state index is 13.1. The van der Waals surface area contributed by atoms with E-state index in [9.17, 15) is 9.59 Å². The molecule has 0 aliphatic rings. The third-order valence-corrected chi connectivity index (χ3v) is 7.40. The van der Waals surface area contributed by atoms with Gasteiger partial charge < -0.3 is 5.32 Å². The number of carbonyl (C=O) groups excluding carboxylic acids is 1. The Labute approximate surface area is 207 Å². The molecule has 4 aromatic rings. The van der Waals surface area contributed by atoms with E-state index in [0.717, 1.165) is 17.7 Å². The number of hydrogen-bond acceptors (Lipinski definition) is 6. The molecule has 0 atom stereocenters. The van der Waals surface area contributed by atoms with Crippen LogP contribution < -0.4 is 10.9 Å². The molecular formula is C25H29N5O2S2. The van der Waals surface area contributed by atoms with Gasteiger partial charge in [-0.25, -0.2) is 0 Å². The van der Waals surface area contributed by atoms with Crippen molar-refractivity contribution in [3.8, 4) is 0 Å². The number of para-hydroxylation sites is 1. The van der Waals surface area contributed by atoms with Crippen LogP contribution in [0.3, 0.4) is 0 Å². The van der Waals surface area contributed by atoms with Crippen LogP contribution in [0.4, 0.5) is 0 Å². The first-order valence-electron chi connectivity index (χ1n) is 11.4. The Kier molecular flexibility index (Phi) is 7.95. The molecule has 0 aliphatic heterocycles. The lowest BCUT2D eigenvalue weighted by Crippen LogP contribution is -2.27. The van der Waals surface area contributed by atoms with E-state index in [1.54, 1.807) is 16.3 Å². The van der Waals surface area contributed by atoms with Crippen LogP contribution in [0.2, 0.25) is 0 Å². The van der Waals surface area contributed by atoms with Crippen LogP contribution >= 0.6 is 23.5 Å². The number of amides is 1. The van der Waals surface area contributed by atoms with Gasteiger partial charge in [-0.05, 0) is 43.5 Å². The highest BCUT2D eigenvalue weighted by Crippen LogP contribution is 2.22. The van der Waals surface area contributed by atoms with Gasteiger partial charge in [0.2, 0.25) is 11.7 Å². The molecule has 0 fully saturated rings. The second-order valence-corrected chi connectivity index (χ2v) is 10.7. The average Bonchev–Trinajstić information content (AvgIpc) is 3.25. The Bertz CT molecular complexity index is 1350. The molecule has 34 heavy (non-hydrogen) atoms. The van der Waals surface area contributed by atoms with Gasteiger partial charge in [-0.2, -0.15) is 0 Å². The topological polar surface area (TPSA) is 81.3 Å². The quantitative estimate of drug-likeness (QED) is 0.259. The van der Waals surface area contributed by atoms with Gasteiger partial charge in [0.15, 0.2) is 5.16 Å². The molecule has 0 bridgehead atoms. The van der Waals surface area contributed by atoms with E-state index in [0.29, 0.717) is 35.3 Å². The number of carbonyl (C=O) groups is 1. The maximum Gasteiger partial charge on any atom is 0.262 e. The lowest BCUT2D eigenvalue weighted by Gasteiger charge is -2.12. The van der Waals surface area contributed by atoms with Crippen LogP contribution in [0.5, 0.6) is 0 Å². The molecule has 2 heterocycles. The van der Waals surface area contributed by atoms with Crippen LogP contribution in [0.25, 0.3) is 16.7 Å². The molecule has 7 nitrogen and oxygen atoms in total. The number of nitrogens with one attached hydrogen (secondary N) is 1. The third-order valence-electron chi connectivity index (χ3n) is 5.45. The van der Waals surface area contributed by atoms with Gasteiger partial charge in [-0.3, -0.25) is 18.6 Å². The molecule has 9 heteroatoms. The van der Waals surface area contributed by atoms with Crippen LogP contribution in [-0.2, 0) is 11.3 Å². The minimum absolute atomic E-state index is 0.0521. The van der Waals surface area contributed by atoms with Crippen LogP contribution in [0, 0.1) is 12.8 Å². The Balaban J connectivity index is 1.44. The largest absolute Gasteiger partial charge is 0.355 e. The zero-order valence-electron chi connectivity index (χ0n) is 19.7. The Morgan fingerprint density at radius 3 is 2.59 bits per heavy atom. The second-order valence-electron chi connectivity index (χ2n) is 8.57. The first kappa shape index (κ1) is 24.3. The minimum Gasteiger partial charge on any atom is -0.355 e. The van der Waals surface area contributed by atoms with E-state index in [1.165, 1.54) is 22.2 Å². The summed E-state index contributed by atoms with van der Waals surface area (Å²) in [6.45, 7) is 7.50. The fraction of sp³-hybridized carbons (Fsp3) is 0.360. The van der Waals surface area contributed by atoms with Gasteiger partial charge in [-0.1, -0.05) is 55.4 Å². The summed E-state index contributed by atoms with van der Waals surface area (Å²) in [6, 6.07) is 15.9. The van der Waals surface area contributed by atoms with Crippen molar-refractivity contribution >= 4 is 46.1 Å². The number of aromatic nitrogens is 4. The molecule has 4 rings (SSSR count). The molecule has 2 aromatic heterocycles. The minimum atomic E-state index is -0.0588. The molecule has 1 N–H and O–H groups in total. The van der Waals surface area contributed by atoms with Crippen LogP contribution in [-0.4, -0.2) is 43.1 Å². The molecule has 0 saturated carbocycles. The number of nitrogens with zero attached hydrogens (tertiary/aromatic N) is 4. The predicted molar refractivity (Wildman–Crippen MR) is 140 cm³/mol. The molecule has 2 aromatic carbocycles. The first-order chi connectivity index (χ1) is 16.4. The van der Waals surface area contributed by atoms with E-state index in [-0.39, 0.29) is 17.2 Å². The zero-order chi connectivity index (χ0) is 24.1. The van der Waals surface area contributed by atoms with E-state index >= 15 is 0 Å². The van der Waals surface area contributed by atoms with Crippen molar-refractivity contribution in [1.29, 1.82) is 0 Å². The number of aryl methyl sites for hydroxylation is 2. The summed E-state index contributed by atoms with van der Waals surface area (Å²) in [5.74, 6) is 1.96. The summed E-state index contributed by atoms with van der Waals surface area (Å²) >= 11 is 3.05. The standard InChI is InChI=1S/C25H29N5O2S2/c1-17(2)12-14-29-23(32)20-6-4-5-7-21(20)30-24(29)27-28-25(30)34-16-22(31)26-13-15-33-19-10-8-18(3)9-11-19/h4-11,17H,12-16H2,1-3H3,(H,26,31). The lowest BCUT2D eigenvalue weighted by atomic mass is 10.1. The predicted octanol–water partition coefficient (Wildman–Crippen LogP) is 4.40. The number of thioether (sulfide) groups is 2. The van der Waals surface area contributed by atoms with E-state index < -0.39 is 0 Å². The van der Waals surface area contributed by atoms with Crippen LogP contribution in [0.1, 0.15) is 25.8 Å². The van der Waals surface area contributed by atoms with Crippen molar-refractivity contribution < 1.29 is 4.79 Å². The number of fused-ring (bicyclic) bond motifs is 3. The van der Waals surface area contributed by atoms with E-state index in [1.807, 2.05) is 28.7 Å². The molecule has 0 spiro atoms. The van der Waals surface area contributed by atoms with E-state index in [4.69, 9.17) is 0 Å². The molecule has 0 unspecified atom stereocenters. The average molecular weight is 496 g/mol. The van der Waals surface area contributed by atoms with Gasteiger partial charge >= 0.3 is 0 Å². The first-order valence-corrected chi connectivity index (χ1v) is 13.4. The number of rotatable bonds is 10. The fourth-order valence-corrected chi connectivity index (χ4v) is 5.13. The van der Waals surface area contributed by atoms with Crippen molar-refractivity contribution in [3.63, 3.8) is 0 Å². The van der Waals surface area contributed by atoms with Crippen molar-refractivity contribution in [3.05, 3.63) is 64.4 Å². The SMILES string of the molecule is Cc1ccc(SCCNC(=O)CSc2nnc3n(CCC(C)C)c(=O)c4ccccc4n23)cc1.